The van der Waals surface area contributed by atoms with Crippen LogP contribution in [0.3, 0.4) is 0 Å². The molecule has 1 aromatic carbocycles. The summed E-state index contributed by atoms with van der Waals surface area (Å²) in [7, 11) is 0. The summed E-state index contributed by atoms with van der Waals surface area (Å²) in [5.74, 6) is 0.546. The number of hydrogen-bond acceptors (Lipinski definition) is 1. The van der Waals surface area contributed by atoms with Gasteiger partial charge < -0.3 is 4.74 Å². The molecule has 2 fully saturated rings. The Morgan fingerprint density at radius 3 is 2.79 bits per heavy atom. The normalized spacial score (nSPS) is 30.8. The van der Waals surface area contributed by atoms with E-state index < -0.39 is 0 Å². The first kappa shape index (κ1) is 14.0. The van der Waals surface area contributed by atoms with E-state index in [0.717, 1.165) is 35.2 Å². The summed E-state index contributed by atoms with van der Waals surface area (Å²) in [6.07, 6.45) is 4.99. The Balaban J connectivity index is 1.85. The molecule has 1 aliphatic carbocycles. The van der Waals surface area contributed by atoms with Crippen LogP contribution in [-0.2, 0) is 11.2 Å². The second kappa shape index (κ2) is 5.45. The summed E-state index contributed by atoms with van der Waals surface area (Å²) >= 11 is 7.18. The number of rotatable bonds is 4. The van der Waals surface area contributed by atoms with E-state index in [2.05, 4.69) is 31.9 Å². The van der Waals surface area contributed by atoms with Crippen molar-refractivity contribution in [2.45, 2.75) is 31.8 Å². The van der Waals surface area contributed by atoms with Crippen LogP contribution in [-0.4, -0.2) is 18.0 Å². The molecule has 4 heteroatoms. The maximum Gasteiger partial charge on any atom is 0.124 e. The highest BCUT2D eigenvalue weighted by Gasteiger charge is 2.50. The van der Waals surface area contributed by atoms with E-state index in [-0.39, 0.29) is 11.2 Å². The van der Waals surface area contributed by atoms with Crippen molar-refractivity contribution in [2.75, 3.05) is 11.9 Å². The van der Waals surface area contributed by atoms with E-state index in [1.807, 2.05) is 6.07 Å². The number of hydrogen-bond donors (Lipinski definition) is 0. The zero-order valence-electron chi connectivity index (χ0n) is 10.7. The van der Waals surface area contributed by atoms with Gasteiger partial charge in [0.05, 0.1) is 6.10 Å². The van der Waals surface area contributed by atoms with Gasteiger partial charge in [-0.3, -0.25) is 0 Å². The standard InChI is InChI=1S/C15H17Br2FO/c16-9-15(5-6-19-14(15)10-1-2-10)8-11-3-4-12(18)7-13(11)17/h3-4,7,10,14H,1-2,5-6,8-9H2. The molecular weight excluding hydrogens is 375 g/mol. The largest absolute Gasteiger partial charge is 0.377 e. The van der Waals surface area contributed by atoms with Crippen molar-refractivity contribution in [2.24, 2.45) is 11.3 Å². The van der Waals surface area contributed by atoms with Crippen LogP contribution in [0.4, 0.5) is 4.39 Å². The van der Waals surface area contributed by atoms with Crippen molar-refractivity contribution in [1.82, 2.24) is 0 Å². The Labute approximate surface area is 130 Å². The molecule has 2 aliphatic rings. The van der Waals surface area contributed by atoms with Crippen molar-refractivity contribution in [1.29, 1.82) is 0 Å². The van der Waals surface area contributed by atoms with E-state index in [9.17, 15) is 4.39 Å². The fourth-order valence-corrected chi connectivity index (χ4v) is 4.46. The molecule has 0 N–H and O–H groups in total. The number of benzene rings is 1. The third kappa shape index (κ3) is 2.77. The van der Waals surface area contributed by atoms with Crippen molar-refractivity contribution in [3.63, 3.8) is 0 Å². The molecule has 0 radical (unpaired) electrons. The van der Waals surface area contributed by atoms with Crippen LogP contribution in [0.2, 0.25) is 0 Å². The lowest BCUT2D eigenvalue weighted by molar-refractivity contribution is 0.0412. The Morgan fingerprint density at radius 2 is 2.16 bits per heavy atom. The maximum absolute atomic E-state index is 13.2. The molecule has 104 valence electrons. The average Bonchev–Trinajstić information content (AvgIpc) is 3.15. The minimum atomic E-state index is -0.190. The quantitative estimate of drug-likeness (QED) is 0.675. The van der Waals surface area contributed by atoms with Crippen molar-refractivity contribution >= 4 is 31.9 Å². The molecule has 1 saturated heterocycles. The van der Waals surface area contributed by atoms with Gasteiger partial charge in [0, 0.05) is 21.8 Å². The second-order valence-electron chi connectivity index (χ2n) is 5.79. The zero-order chi connectivity index (χ0) is 13.5. The highest BCUT2D eigenvalue weighted by atomic mass is 79.9. The Kier molecular flexibility index (Phi) is 4.03. The van der Waals surface area contributed by atoms with E-state index in [1.54, 1.807) is 12.1 Å². The summed E-state index contributed by atoms with van der Waals surface area (Å²) in [6.45, 7) is 0.853. The smallest absolute Gasteiger partial charge is 0.124 e. The SMILES string of the molecule is Fc1ccc(CC2(CBr)CCOC2C2CC2)c(Br)c1. The third-order valence-corrected chi connectivity index (χ3v) is 6.23. The number of alkyl halides is 1. The lowest BCUT2D eigenvalue weighted by Gasteiger charge is -2.33. The highest BCUT2D eigenvalue weighted by molar-refractivity contribution is 9.10. The average molecular weight is 392 g/mol. The Hall–Kier alpha value is 0.0700. The van der Waals surface area contributed by atoms with Gasteiger partial charge in [0.25, 0.3) is 0 Å². The number of ether oxygens (including phenoxy) is 1. The van der Waals surface area contributed by atoms with E-state index in [4.69, 9.17) is 4.74 Å². The van der Waals surface area contributed by atoms with Gasteiger partial charge in [-0.2, -0.15) is 0 Å². The van der Waals surface area contributed by atoms with Crippen molar-refractivity contribution in [3.8, 4) is 0 Å². The van der Waals surface area contributed by atoms with Crippen LogP contribution in [0, 0.1) is 17.2 Å². The van der Waals surface area contributed by atoms with Crippen LogP contribution in [0.15, 0.2) is 22.7 Å². The summed E-state index contributed by atoms with van der Waals surface area (Å²) in [5.41, 5.74) is 1.35. The molecule has 0 aromatic heterocycles. The maximum atomic E-state index is 13.2. The van der Waals surface area contributed by atoms with Gasteiger partial charge in [0.1, 0.15) is 5.82 Å². The third-order valence-electron chi connectivity index (χ3n) is 4.37. The summed E-state index contributed by atoms with van der Waals surface area (Å²) in [5, 5.41) is 0.949. The summed E-state index contributed by atoms with van der Waals surface area (Å²) in [4.78, 5) is 0. The molecule has 1 aliphatic heterocycles. The van der Waals surface area contributed by atoms with Crippen molar-refractivity contribution in [3.05, 3.63) is 34.1 Å². The second-order valence-corrected chi connectivity index (χ2v) is 7.20. The predicted octanol–water partition coefficient (Wildman–Crippen LogP) is 4.71. The molecule has 19 heavy (non-hydrogen) atoms. The first-order chi connectivity index (χ1) is 9.14. The van der Waals surface area contributed by atoms with E-state index in [0.29, 0.717) is 6.10 Å². The fourth-order valence-electron chi connectivity index (χ4n) is 3.17. The monoisotopic (exact) mass is 390 g/mol. The first-order valence-corrected chi connectivity index (χ1v) is 8.67. The van der Waals surface area contributed by atoms with Crippen molar-refractivity contribution < 1.29 is 9.13 Å². The molecule has 0 spiro atoms. The van der Waals surface area contributed by atoms with E-state index in [1.165, 1.54) is 18.4 Å². The highest BCUT2D eigenvalue weighted by Crippen LogP contribution is 2.50. The van der Waals surface area contributed by atoms with Crippen LogP contribution in [0.5, 0.6) is 0 Å². The lowest BCUT2D eigenvalue weighted by atomic mass is 9.76. The summed E-state index contributed by atoms with van der Waals surface area (Å²) in [6, 6.07) is 5.00. The molecule has 2 unspecified atom stereocenters. The molecule has 0 bridgehead atoms. The Morgan fingerprint density at radius 1 is 1.37 bits per heavy atom. The molecule has 1 saturated carbocycles. The van der Waals surface area contributed by atoms with Gasteiger partial charge in [0.15, 0.2) is 0 Å². The molecule has 3 rings (SSSR count). The topological polar surface area (TPSA) is 9.23 Å². The minimum absolute atomic E-state index is 0.168. The predicted molar refractivity (Wildman–Crippen MR) is 81.1 cm³/mol. The van der Waals surface area contributed by atoms with Crippen LogP contribution in [0.1, 0.15) is 24.8 Å². The number of halogens is 3. The van der Waals surface area contributed by atoms with Crippen LogP contribution >= 0.6 is 31.9 Å². The molecular formula is C15H17Br2FO. The van der Waals surface area contributed by atoms with Gasteiger partial charge in [-0.15, -0.1) is 0 Å². The molecule has 0 amide bonds. The lowest BCUT2D eigenvalue weighted by Crippen LogP contribution is -2.36. The minimum Gasteiger partial charge on any atom is -0.377 e. The van der Waals surface area contributed by atoms with Gasteiger partial charge >= 0.3 is 0 Å². The molecule has 1 aromatic rings. The van der Waals surface area contributed by atoms with E-state index >= 15 is 0 Å². The van der Waals surface area contributed by atoms with Gasteiger partial charge in [-0.05, 0) is 49.3 Å². The van der Waals surface area contributed by atoms with Gasteiger partial charge in [0.2, 0.25) is 0 Å². The molecule has 1 nitrogen and oxygen atoms in total. The molecule has 1 heterocycles. The fraction of sp³-hybridized carbons (Fsp3) is 0.600. The van der Waals surface area contributed by atoms with Crippen LogP contribution in [0.25, 0.3) is 0 Å². The summed E-state index contributed by atoms with van der Waals surface area (Å²) < 4.78 is 20.1. The molecule has 2 atom stereocenters. The van der Waals surface area contributed by atoms with Crippen LogP contribution < -0.4 is 0 Å². The Bertz CT molecular complexity index is 475. The first-order valence-electron chi connectivity index (χ1n) is 6.76. The van der Waals surface area contributed by atoms with Gasteiger partial charge in [-0.1, -0.05) is 37.9 Å². The van der Waals surface area contributed by atoms with Gasteiger partial charge in [-0.25, -0.2) is 4.39 Å². The zero-order valence-corrected chi connectivity index (χ0v) is 13.8.